The number of aryl methyl sites for hydroxylation is 1. The summed E-state index contributed by atoms with van der Waals surface area (Å²) in [5.74, 6) is 6.92. The van der Waals surface area contributed by atoms with Crippen molar-refractivity contribution < 1.29 is 4.74 Å². The maximum absolute atomic E-state index is 5.76. The lowest BCUT2D eigenvalue weighted by Crippen LogP contribution is -2.12. The van der Waals surface area contributed by atoms with Crippen molar-refractivity contribution in [2.75, 3.05) is 5.43 Å². The third-order valence-electron chi connectivity index (χ3n) is 3.16. The molecule has 0 unspecified atom stereocenters. The molecule has 4 heteroatoms. The highest BCUT2D eigenvalue weighted by molar-refractivity contribution is 5.42. The van der Waals surface area contributed by atoms with Crippen LogP contribution in [0.1, 0.15) is 30.9 Å². The first kappa shape index (κ1) is 14.3. The van der Waals surface area contributed by atoms with E-state index < -0.39 is 0 Å². The highest BCUT2D eigenvalue weighted by Crippen LogP contribution is 2.17. The number of pyridine rings is 1. The van der Waals surface area contributed by atoms with Gasteiger partial charge in [-0.2, -0.15) is 0 Å². The zero-order chi connectivity index (χ0) is 14.2. The molecule has 0 aliphatic rings. The molecule has 0 saturated heterocycles. The van der Waals surface area contributed by atoms with Gasteiger partial charge < -0.3 is 10.2 Å². The summed E-state index contributed by atoms with van der Waals surface area (Å²) in [6.07, 6.45) is 5.26. The molecule has 0 saturated carbocycles. The lowest BCUT2D eigenvalue weighted by Gasteiger charge is -2.10. The number of unbranched alkanes of at least 4 members (excludes halogenated alkanes) is 1. The highest BCUT2D eigenvalue weighted by atomic mass is 16.5. The van der Waals surface area contributed by atoms with E-state index in [9.17, 15) is 0 Å². The number of hydrogen-bond acceptors (Lipinski definition) is 4. The van der Waals surface area contributed by atoms with Crippen molar-refractivity contribution in [2.24, 2.45) is 5.84 Å². The summed E-state index contributed by atoms with van der Waals surface area (Å²) in [4.78, 5) is 4.14. The SMILES string of the molecule is CCCCc1ccc(OCc2cccnc2NN)cc1. The number of nitrogens with zero attached hydrogens (tertiary/aromatic N) is 1. The zero-order valence-electron chi connectivity index (χ0n) is 11.8. The number of ether oxygens (including phenoxy) is 1. The Morgan fingerprint density at radius 3 is 2.70 bits per heavy atom. The van der Waals surface area contributed by atoms with Crippen molar-refractivity contribution in [1.29, 1.82) is 0 Å². The molecule has 0 aliphatic heterocycles. The average molecular weight is 271 g/mol. The fourth-order valence-electron chi connectivity index (χ4n) is 1.98. The summed E-state index contributed by atoms with van der Waals surface area (Å²) in [5, 5.41) is 0. The molecular formula is C16H21N3O. The van der Waals surface area contributed by atoms with E-state index in [0.29, 0.717) is 12.4 Å². The Bertz CT molecular complexity index is 526. The first-order valence-electron chi connectivity index (χ1n) is 6.95. The second-order valence-corrected chi connectivity index (χ2v) is 4.69. The summed E-state index contributed by atoms with van der Waals surface area (Å²) in [6, 6.07) is 12.1. The number of anilines is 1. The van der Waals surface area contributed by atoms with Crippen LogP contribution in [0.15, 0.2) is 42.6 Å². The molecule has 1 aromatic heterocycles. The first-order chi connectivity index (χ1) is 9.83. The molecule has 0 fully saturated rings. The molecule has 0 atom stereocenters. The van der Waals surface area contributed by atoms with E-state index in [2.05, 4.69) is 29.5 Å². The molecule has 1 heterocycles. The van der Waals surface area contributed by atoms with E-state index in [0.717, 1.165) is 17.7 Å². The molecule has 0 aliphatic carbocycles. The molecule has 106 valence electrons. The molecule has 4 nitrogen and oxygen atoms in total. The molecule has 3 N–H and O–H groups in total. The Morgan fingerprint density at radius 2 is 2.00 bits per heavy atom. The van der Waals surface area contributed by atoms with Gasteiger partial charge in [0.25, 0.3) is 0 Å². The Labute approximate surface area is 120 Å². The standard InChI is InChI=1S/C16H21N3O/c1-2-3-5-13-7-9-15(10-8-13)20-12-14-6-4-11-18-16(14)19-17/h4,6-11H,2-3,5,12,17H2,1H3,(H,18,19). The van der Waals surface area contributed by atoms with Gasteiger partial charge in [-0.1, -0.05) is 31.5 Å². The Morgan fingerprint density at radius 1 is 1.20 bits per heavy atom. The maximum Gasteiger partial charge on any atom is 0.146 e. The summed E-state index contributed by atoms with van der Waals surface area (Å²) in [7, 11) is 0. The van der Waals surface area contributed by atoms with Crippen LogP contribution in [-0.4, -0.2) is 4.98 Å². The quantitative estimate of drug-likeness (QED) is 0.599. The number of nitrogens with two attached hydrogens (primary N) is 1. The smallest absolute Gasteiger partial charge is 0.146 e. The molecule has 2 aromatic rings. The highest BCUT2D eigenvalue weighted by Gasteiger charge is 2.02. The van der Waals surface area contributed by atoms with Crippen LogP contribution in [0.25, 0.3) is 0 Å². The van der Waals surface area contributed by atoms with E-state index in [-0.39, 0.29) is 0 Å². The number of benzene rings is 1. The van der Waals surface area contributed by atoms with Gasteiger partial charge >= 0.3 is 0 Å². The summed E-state index contributed by atoms with van der Waals surface area (Å²) in [5.41, 5.74) is 4.86. The van der Waals surface area contributed by atoms with Crippen LogP contribution in [0.3, 0.4) is 0 Å². The molecule has 1 aromatic carbocycles. The van der Waals surface area contributed by atoms with E-state index in [1.807, 2.05) is 24.3 Å². The van der Waals surface area contributed by atoms with Crippen LogP contribution in [0, 0.1) is 0 Å². The normalized spacial score (nSPS) is 10.3. The fraction of sp³-hybridized carbons (Fsp3) is 0.312. The summed E-state index contributed by atoms with van der Waals surface area (Å²) in [6.45, 7) is 2.65. The van der Waals surface area contributed by atoms with Crippen molar-refractivity contribution in [2.45, 2.75) is 32.8 Å². The van der Waals surface area contributed by atoms with Crippen molar-refractivity contribution in [3.63, 3.8) is 0 Å². The van der Waals surface area contributed by atoms with Crippen LogP contribution in [-0.2, 0) is 13.0 Å². The molecule has 0 bridgehead atoms. The maximum atomic E-state index is 5.76. The van der Waals surface area contributed by atoms with Gasteiger partial charge in [0.1, 0.15) is 18.2 Å². The van der Waals surface area contributed by atoms with Crippen molar-refractivity contribution >= 4 is 5.82 Å². The van der Waals surface area contributed by atoms with Gasteiger partial charge in [0.15, 0.2) is 0 Å². The van der Waals surface area contributed by atoms with Crippen LogP contribution >= 0.6 is 0 Å². The number of nitrogens with one attached hydrogen (secondary N) is 1. The van der Waals surface area contributed by atoms with E-state index >= 15 is 0 Å². The van der Waals surface area contributed by atoms with Gasteiger partial charge in [0, 0.05) is 11.8 Å². The van der Waals surface area contributed by atoms with E-state index in [1.54, 1.807) is 6.20 Å². The van der Waals surface area contributed by atoms with Crippen molar-refractivity contribution in [3.8, 4) is 5.75 Å². The second kappa shape index (κ2) is 7.50. The van der Waals surface area contributed by atoms with Gasteiger partial charge in [-0.25, -0.2) is 10.8 Å². The van der Waals surface area contributed by atoms with Crippen LogP contribution in [0.4, 0.5) is 5.82 Å². The van der Waals surface area contributed by atoms with Gasteiger partial charge in [0.2, 0.25) is 0 Å². The Hall–Kier alpha value is -2.07. The molecule has 2 rings (SSSR count). The lowest BCUT2D eigenvalue weighted by molar-refractivity contribution is 0.306. The predicted octanol–water partition coefficient (Wildman–Crippen LogP) is 3.29. The fourth-order valence-corrected chi connectivity index (χ4v) is 1.98. The number of hydrazine groups is 1. The van der Waals surface area contributed by atoms with Crippen LogP contribution < -0.4 is 16.0 Å². The monoisotopic (exact) mass is 271 g/mol. The van der Waals surface area contributed by atoms with E-state index in [4.69, 9.17) is 10.6 Å². The number of rotatable bonds is 7. The predicted molar refractivity (Wildman–Crippen MR) is 81.4 cm³/mol. The van der Waals surface area contributed by atoms with Gasteiger partial charge in [-0.15, -0.1) is 0 Å². The summed E-state index contributed by atoms with van der Waals surface area (Å²) >= 11 is 0. The van der Waals surface area contributed by atoms with E-state index in [1.165, 1.54) is 18.4 Å². The van der Waals surface area contributed by atoms with Crippen LogP contribution in [0.5, 0.6) is 5.75 Å². The van der Waals surface area contributed by atoms with Crippen molar-refractivity contribution in [1.82, 2.24) is 4.98 Å². The lowest BCUT2D eigenvalue weighted by atomic mass is 10.1. The number of hydrogen-bond donors (Lipinski definition) is 2. The Balaban J connectivity index is 1.93. The number of nitrogen functional groups attached to an aromatic ring is 1. The minimum absolute atomic E-state index is 0.446. The van der Waals surface area contributed by atoms with Crippen LogP contribution in [0.2, 0.25) is 0 Å². The van der Waals surface area contributed by atoms with Gasteiger partial charge in [0.05, 0.1) is 0 Å². The minimum Gasteiger partial charge on any atom is -0.489 e. The second-order valence-electron chi connectivity index (χ2n) is 4.69. The minimum atomic E-state index is 0.446. The molecule has 0 radical (unpaired) electrons. The average Bonchev–Trinajstić information content (AvgIpc) is 2.52. The number of aromatic nitrogens is 1. The molecular weight excluding hydrogens is 250 g/mol. The summed E-state index contributed by atoms with van der Waals surface area (Å²) < 4.78 is 5.76. The van der Waals surface area contributed by atoms with Gasteiger partial charge in [-0.05, 0) is 36.6 Å². The first-order valence-corrected chi connectivity index (χ1v) is 6.95. The molecule has 20 heavy (non-hydrogen) atoms. The zero-order valence-corrected chi connectivity index (χ0v) is 11.8. The molecule has 0 spiro atoms. The Kier molecular flexibility index (Phi) is 5.38. The van der Waals surface area contributed by atoms with Gasteiger partial charge in [-0.3, -0.25) is 0 Å². The van der Waals surface area contributed by atoms with Crippen molar-refractivity contribution in [3.05, 3.63) is 53.7 Å². The molecule has 0 amide bonds. The third-order valence-corrected chi connectivity index (χ3v) is 3.16. The third kappa shape index (κ3) is 3.96. The topological polar surface area (TPSA) is 60.2 Å². The largest absolute Gasteiger partial charge is 0.489 e.